The van der Waals surface area contributed by atoms with Crippen LogP contribution >= 0.6 is 15.9 Å². The molecule has 0 spiro atoms. The SMILES string of the molecule is Cc1ccc(-c2nc(CS(=O)(=O)CC(=O)Cc3ccccc3Br)c(C)o2)cc1. The van der Waals surface area contributed by atoms with E-state index in [2.05, 4.69) is 20.9 Å². The van der Waals surface area contributed by atoms with E-state index in [4.69, 9.17) is 4.42 Å². The first-order valence-corrected chi connectivity index (χ1v) is 11.3. The van der Waals surface area contributed by atoms with Crippen LogP contribution in [0.5, 0.6) is 0 Å². The number of ketones is 1. The van der Waals surface area contributed by atoms with Crippen LogP contribution in [0.4, 0.5) is 0 Å². The Kier molecular flexibility index (Phi) is 6.15. The smallest absolute Gasteiger partial charge is 0.226 e. The van der Waals surface area contributed by atoms with Gasteiger partial charge in [-0.15, -0.1) is 0 Å². The average Bonchev–Trinajstić information content (AvgIpc) is 2.97. The second-order valence-electron chi connectivity index (χ2n) is 6.73. The summed E-state index contributed by atoms with van der Waals surface area (Å²) in [5, 5.41) is 0. The Labute approximate surface area is 172 Å². The number of hydrogen-bond acceptors (Lipinski definition) is 5. The van der Waals surface area contributed by atoms with Crippen LogP contribution in [-0.4, -0.2) is 24.9 Å². The summed E-state index contributed by atoms with van der Waals surface area (Å²) in [4.78, 5) is 16.6. The number of carbonyl (C=O) groups is 1. The molecule has 0 fully saturated rings. The van der Waals surface area contributed by atoms with Gasteiger partial charge in [0.15, 0.2) is 15.6 Å². The molecule has 0 amide bonds. The Bertz CT molecular complexity index is 1100. The van der Waals surface area contributed by atoms with Crippen LogP contribution in [0, 0.1) is 13.8 Å². The van der Waals surface area contributed by atoms with E-state index in [1.54, 1.807) is 13.0 Å². The molecule has 2 aromatic carbocycles. The molecule has 0 saturated heterocycles. The van der Waals surface area contributed by atoms with E-state index in [9.17, 15) is 13.2 Å². The molecule has 0 N–H and O–H groups in total. The maximum absolute atomic E-state index is 12.5. The van der Waals surface area contributed by atoms with Gasteiger partial charge in [0.1, 0.15) is 11.5 Å². The third-order valence-electron chi connectivity index (χ3n) is 4.27. The van der Waals surface area contributed by atoms with Crippen LogP contribution in [0.25, 0.3) is 11.5 Å². The highest BCUT2D eigenvalue weighted by Gasteiger charge is 2.22. The zero-order valence-electron chi connectivity index (χ0n) is 15.6. The fourth-order valence-electron chi connectivity index (χ4n) is 2.79. The second kappa shape index (κ2) is 8.41. The highest BCUT2D eigenvalue weighted by Crippen LogP contribution is 2.23. The third-order valence-corrected chi connectivity index (χ3v) is 6.52. The van der Waals surface area contributed by atoms with Crippen molar-refractivity contribution in [2.45, 2.75) is 26.0 Å². The first kappa shape index (κ1) is 20.5. The van der Waals surface area contributed by atoms with Crippen LogP contribution in [0.2, 0.25) is 0 Å². The molecule has 5 nitrogen and oxygen atoms in total. The first-order chi connectivity index (χ1) is 13.2. The maximum Gasteiger partial charge on any atom is 0.226 e. The van der Waals surface area contributed by atoms with Gasteiger partial charge in [-0.05, 0) is 37.6 Å². The Morgan fingerprint density at radius 3 is 2.43 bits per heavy atom. The van der Waals surface area contributed by atoms with Crippen molar-refractivity contribution in [3.63, 3.8) is 0 Å². The molecular weight excluding hydrogens is 442 g/mol. The lowest BCUT2D eigenvalue weighted by molar-refractivity contribution is -0.116. The van der Waals surface area contributed by atoms with Crippen LogP contribution in [0.1, 0.15) is 22.6 Å². The standard InChI is InChI=1S/C21H20BrNO4S/c1-14-7-9-16(10-8-14)21-23-20(15(2)27-21)13-28(25,26)12-18(24)11-17-5-3-4-6-19(17)22/h3-10H,11-13H2,1-2H3. The third kappa shape index (κ3) is 5.17. The number of aryl methyl sites for hydroxylation is 2. The van der Waals surface area contributed by atoms with E-state index in [0.717, 1.165) is 21.2 Å². The Morgan fingerprint density at radius 2 is 1.75 bits per heavy atom. The molecular formula is C21H20BrNO4S. The summed E-state index contributed by atoms with van der Waals surface area (Å²) >= 11 is 3.37. The molecule has 28 heavy (non-hydrogen) atoms. The lowest BCUT2D eigenvalue weighted by Crippen LogP contribution is -2.20. The lowest BCUT2D eigenvalue weighted by atomic mass is 10.1. The van der Waals surface area contributed by atoms with Gasteiger partial charge < -0.3 is 4.42 Å². The number of hydrogen-bond donors (Lipinski definition) is 0. The van der Waals surface area contributed by atoms with Gasteiger partial charge in [-0.1, -0.05) is 51.8 Å². The van der Waals surface area contributed by atoms with E-state index in [1.165, 1.54) is 0 Å². The number of Topliss-reactive ketones (excluding diaryl/α,β-unsaturated/α-hetero) is 1. The fourth-order valence-corrected chi connectivity index (χ4v) is 4.60. The van der Waals surface area contributed by atoms with Crippen molar-refractivity contribution in [2.24, 2.45) is 0 Å². The van der Waals surface area contributed by atoms with Crippen LogP contribution in [0.3, 0.4) is 0 Å². The normalized spacial score (nSPS) is 11.5. The molecule has 146 valence electrons. The van der Waals surface area contributed by atoms with Gasteiger partial charge in [-0.2, -0.15) is 0 Å². The van der Waals surface area contributed by atoms with Gasteiger partial charge in [0, 0.05) is 16.5 Å². The zero-order valence-corrected chi connectivity index (χ0v) is 18.0. The van der Waals surface area contributed by atoms with Gasteiger partial charge >= 0.3 is 0 Å². The van der Waals surface area contributed by atoms with Crippen molar-refractivity contribution in [3.05, 3.63) is 75.6 Å². The Morgan fingerprint density at radius 1 is 1.07 bits per heavy atom. The Balaban J connectivity index is 1.71. The topological polar surface area (TPSA) is 77.2 Å². The summed E-state index contributed by atoms with van der Waals surface area (Å²) in [5.41, 5.74) is 2.99. The number of rotatable bonds is 7. The quantitative estimate of drug-likeness (QED) is 0.519. The van der Waals surface area contributed by atoms with Gasteiger partial charge in [0.2, 0.25) is 5.89 Å². The number of nitrogens with zero attached hydrogens (tertiary/aromatic N) is 1. The summed E-state index contributed by atoms with van der Waals surface area (Å²) in [6, 6.07) is 14.9. The molecule has 0 radical (unpaired) electrons. The highest BCUT2D eigenvalue weighted by molar-refractivity contribution is 9.10. The summed E-state index contributed by atoms with van der Waals surface area (Å²) in [5.74, 6) is -0.386. The van der Waals surface area contributed by atoms with Crippen molar-refractivity contribution in [3.8, 4) is 11.5 Å². The van der Waals surface area contributed by atoms with E-state index >= 15 is 0 Å². The molecule has 0 aliphatic rings. The number of carbonyl (C=O) groups excluding carboxylic acids is 1. The van der Waals surface area contributed by atoms with Crippen molar-refractivity contribution in [1.82, 2.24) is 4.98 Å². The summed E-state index contributed by atoms with van der Waals surface area (Å²) in [6.45, 7) is 3.66. The number of aromatic nitrogens is 1. The average molecular weight is 462 g/mol. The summed E-state index contributed by atoms with van der Waals surface area (Å²) < 4.78 is 31.5. The van der Waals surface area contributed by atoms with Crippen LogP contribution in [-0.2, 0) is 26.8 Å². The molecule has 0 atom stereocenters. The van der Waals surface area contributed by atoms with Crippen LogP contribution in [0.15, 0.2) is 57.4 Å². The molecule has 1 heterocycles. The predicted octanol–water partition coefficient (Wildman–Crippen LogP) is 4.45. The van der Waals surface area contributed by atoms with Gasteiger partial charge in [0.05, 0.1) is 11.4 Å². The van der Waals surface area contributed by atoms with Crippen molar-refractivity contribution in [2.75, 3.05) is 5.75 Å². The van der Waals surface area contributed by atoms with Crippen LogP contribution < -0.4 is 0 Å². The minimum absolute atomic E-state index is 0.0626. The highest BCUT2D eigenvalue weighted by atomic mass is 79.9. The number of oxazole rings is 1. The van der Waals surface area contributed by atoms with Crippen molar-refractivity contribution in [1.29, 1.82) is 0 Å². The van der Waals surface area contributed by atoms with Gasteiger partial charge in [-0.25, -0.2) is 13.4 Å². The number of halogens is 1. The predicted molar refractivity (Wildman–Crippen MR) is 112 cm³/mol. The van der Waals surface area contributed by atoms with Gasteiger partial charge in [0.25, 0.3) is 0 Å². The number of sulfone groups is 1. The summed E-state index contributed by atoms with van der Waals surface area (Å²) in [7, 11) is -3.65. The molecule has 0 aliphatic heterocycles. The molecule has 3 aromatic rings. The molecule has 0 unspecified atom stereocenters. The van der Waals surface area contributed by atoms with Crippen molar-refractivity contribution >= 4 is 31.6 Å². The summed E-state index contributed by atoms with van der Waals surface area (Å²) in [6.07, 6.45) is 0.0626. The zero-order chi connectivity index (χ0) is 20.3. The molecule has 3 rings (SSSR count). The van der Waals surface area contributed by atoms with Gasteiger partial charge in [-0.3, -0.25) is 4.79 Å². The minimum atomic E-state index is -3.65. The number of benzene rings is 2. The first-order valence-electron chi connectivity index (χ1n) is 8.72. The minimum Gasteiger partial charge on any atom is -0.441 e. The molecule has 0 saturated carbocycles. The molecule has 0 bridgehead atoms. The van der Waals surface area contributed by atoms with E-state index in [1.807, 2.05) is 49.4 Å². The van der Waals surface area contributed by atoms with Crippen molar-refractivity contribution < 1.29 is 17.6 Å². The maximum atomic E-state index is 12.5. The molecule has 0 aliphatic carbocycles. The molecule has 1 aromatic heterocycles. The molecule has 7 heteroatoms. The van der Waals surface area contributed by atoms with E-state index in [0.29, 0.717) is 17.3 Å². The van der Waals surface area contributed by atoms with E-state index < -0.39 is 15.6 Å². The fraction of sp³-hybridized carbons (Fsp3) is 0.238. The Hall–Kier alpha value is -2.25. The monoisotopic (exact) mass is 461 g/mol. The second-order valence-corrected chi connectivity index (χ2v) is 9.65. The largest absolute Gasteiger partial charge is 0.441 e. The van der Waals surface area contributed by atoms with E-state index in [-0.39, 0.29) is 18.0 Å². The lowest BCUT2D eigenvalue weighted by Gasteiger charge is -2.05.